The number of hydrogen-bond donors (Lipinski definition) is 0. The molecule has 1 nitrogen and oxygen atoms in total. The van der Waals surface area contributed by atoms with Crippen LogP contribution in [0.1, 0.15) is 75.3 Å². The Bertz CT molecular complexity index is 1030. The maximum Gasteiger partial charge on any atom is -0.147 e. The molecule has 0 aromatic heterocycles. The van der Waals surface area contributed by atoms with Gasteiger partial charge in [0.15, 0.2) is 0 Å². The summed E-state index contributed by atoms with van der Waals surface area (Å²) in [6.07, 6.45) is 0. The summed E-state index contributed by atoms with van der Waals surface area (Å²) in [6, 6.07) is 22.4. The van der Waals surface area contributed by atoms with Crippen molar-refractivity contribution in [2.75, 3.05) is 0 Å². The van der Waals surface area contributed by atoms with Gasteiger partial charge in [0.25, 0.3) is 0 Å². The third-order valence-corrected chi connectivity index (χ3v) is 6.36. The molecule has 0 bridgehead atoms. The van der Waals surface area contributed by atoms with Crippen molar-refractivity contribution < 1.29 is 24.1 Å². The number of halogens is 2. The molecule has 0 unspecified atom stereocenters. The van der Waals surface area contributed by atoms with Gasteiger partial charge in [0.1, 0.15) is 0 Å². The molecule has 0 heterocycles. The van der Waals surface area contributed by atoms with E-state index in [0.717, 1.165) is 5.75 Å². The monoisotopic (exact) mass is 489 g/mol. The second-order valence-corrected chi connectivity index (χ2v) is 10.5. The van der Waals surface area contributed by atoms with Crippen molar-refractivity contribution in [3.8, 4) is 16.9 Å². The number of hydrogen-bond acceptors (Lipinski definition) is 1. The van der Waals surface area contributed by atoms with Gasteiger partial charge in [-0.15, -0.1) is 24.8 Å². The molecule has 0 saturated carbocycles. The van der Waals surface area contributed by atoms with Gasteiger partial charge in [-0.05, 0) is 0 Å². The van der Waals surface area contributed by atoms with Crippen molar-refractivity contribution in [3.05, 3.63) is 88.5 Å². The molecule has 0 saturated heterocycles. The maximum atomic E-state index is 6.11. The third kappa shape index (κ3) is 4.62. The normalized spacial score (nSPS) is 12.9. The minimum absolute atomic E-state index is 0. The Morgan fingerprint density at radius 3 is 1.58 bits per heavy atom. The molecule has 3 aromatic carbocycles. The Morgan fingerprint density at radius 1 is 0.677 bits per heavy atom. The molecule has 0 fully saturated rings. The average molecular weight is 490 g/mol. The molecule has 0 aliphatic heterocycles. The maximum absolute atomic E-state index is 6.11. The predicted molar refractivity (Wildman–Crippen MR) is 132 cm³/mol. The van der Waals surface area contributed by atoms with E-state index in [4.69, 9.17) is 3.32 Å². The van der Waals surface area contributed by atoms with Gasteiger partial charge >= 0.3 is 188 Å². The molecule has 1 aliphatic carbocycles. The van der Waals surface area contributed by atoms with Crippen LogP contribution in [0.25, 0.3) is 11.1 Å². The van der Waals surface area contributed by atoms with Crippen LogP contribution < -0.4 is 3.32 Å². The van der Waals surface area contributed by atoms with Crippen molar-refractivity contribution in [1.29, 1.82) is 0 Å². The molecule has 0 amide bonds. The van der Waals surface area contributed by atoms with E-state index < -0.39 is 0 Å². The number of fused-ring (bicyclic) bond motifs is 3. The van der Waals surface area contributed by atoms with Crippen LogP contribution in [0.3, 0.4) is 0 Å². The van der Waals surface area contributed by atoms with Crippen molar-refractivity contribution in [3.63, 3.8) is 0 Å². The van der Waals surface area contributed by atoms with Crippen molar-refractivity contribution >= 4 is 24.8 Å². The van der Waals surface area contributed by atoms with Crippen molar-refractivity contribution in [2.45, 2.75) is 58.3 Å². The first-order chi connectivity index (χ1) is 13.6. The molecule has 0 N–H and O–H groups in total. The molecule has 31 heavy (non-hydrogen) atoms. The smallest absolute Gasteiger partial charge is 0.147 e. The van der Waals surface area contributed by atoms with Gasteiger partial charge in [-0.2, -0.15) is 0 Å². The Balaban J connectivity index is 0.00000171. The van der Waals surface area contributed by atoms with Gasteiger partial charge in [-0.1, -0.05) is 0 Å². The minimum atomic E-state index is -0.000999. The largest absolute Gasteiger partial charge is 0.147 e. The van der Waals surface area contributed by atoms with Crippen LogP contribution >= 0.6 is 24.8 Å². The van der Waals surface area contributed by atoms with E-state index in [1.807, 2.05) is 20.8 Å². The average Bonchev–Trinajstić information content (AvgIpc) is 3.00. The first kappa shape index (κ1) is 26.0. The molecular formula is C27H31Cl2OTi. The summed E-state index contributed by atoms with van der Waals surface area (Å²) in [6.45, 7) is 13.7. The second-order valence-electron chi connectivity index (χ2n) is 10.2. The van der Waals surface area contributed by atoms with E-state index in [-0.39, 0.29) is 41.6 Å². The Morgan fingerprint density at radius 2 is 1.16 bits per heavy atom. The van der Waals surface area contributed by atoms with Gasteiger partial charge in [-0.3, -0.25) is 0 Å². The molecule has 0 atom stereocenters. The SMILES string of the molecule is CC(C)(C)c1cc(C2c3ccccc3-c3ccccc32)c([O][Ti])c(C(C)(C)C)c1.Cl.Cl. The first-order valence-electron chi connectivity index (χ1n) is 10.3. The van der Waals surface area contributed by atoms with Crippen LogP contribution in [0, 0.1) is 0 Å². The molecule has 163 valence electrons. The summed E-state index contributed by atoms with van der Waals surface area (Å²) >= 11 is 1.82. The van der Waals surface area contributed by atoms with Crippen molar-refractivity contribution in [2.24, 2.45) is 0 Å². The van der Waals surface area contributed by atoms with Gasteiger partial charge < -0.3 is 0 Å². The van der Waals surface area contributed by atoms with Gasteiger partial charge in [0.05, 0.1) is 0 Å². The predicted octanol–water partition coefficient (Wildman–Crippen LogP) is 8.13. The van der Waals surface area contributed by atoms with E-state index in [1.165, 1.54) is 38.9 Å². The van der Waals surface area contributed by atoms with E-state index in [0.29, 0.717) is 0 Å². The number of benzene rings is 3. The minimum Gasteiger partial charge on any atom is -0.147 e. The van der Waals surface area contributed by atoms with E-state index in [9.17, 15) is 0 Å². The zero-order chi connectivity index (χ0) is 21.0. The second kappa shape index (κ2) is 9.32. The Hall–Kier alpha value is -1.25. The molecule has 3 aromatic rings. The summed E-state index contributed by atoms with van der Waals surface area (Å²) < 4.78 is 6.11. The van der Waals surface area contributed by atoms with E-state index in [2.05, 4.69) is 102 Å². The molecular weight excluding hydrogens is 459 g/mol. The quantitative estimate of drug-likeness (QED) is 0.258. The van der Waals surface area contributed by atoms with Crippen LogP contribution in [0.5, 0.6) is 5.75 Å². The van der Waals surface area contributed by atoms with E-state index >= 15 is 0 Å². The summed E-state index contributed by atoms with van der Waals surface area (Å²) in [4.78, 5) is 0. The van der Waals surface area contributed by atoms with Crippen LogP contribution in [0.4, 0.5) is 0 Å². The fourth-order valence-electron chi connectivity index (χ4n) is 4.46. The van der Waals surface area contributed by atoms with Crippen molar-refractivity contribution in [1.82, 2.24) is 0 Å². The molecule has 4 rings (SSSR count). The van der Waals surface area contributed by atoms with Crippen LogP contribution in [0.15, 0.2) is 60.7 Å². The van der Waals surface area contributed by atoms with Gasteiger partial charge in [0, 0.05) is 0 Å². The third-order valence-electron chi connectivity index (χ3n) is 6.04. The van der Waals surface area contributed by atoms with Gasteiger partial charge in [0.2, 0.25) is 0 Å². The summed E-state index contributed by atoms with van der Waals surface area (Å²) in [5.41, 5.74) is 9.42. The Kier molecular flexibility index (Phi) is 7.82. The zero-order valence-electron chi connectivity index (χ0n) is 19.1. The van der Waals surface area contributed by atoms with Crippen LogP contribution in [0.2, 0.25) is 0 Å². The summed E-state index contributed by atoms with van der Waals surface area (Å²) in [5.74, 6) is 1.22. The molecule has 1 aliphatic rings. The molecule has 0 spiro atoms. The fourth-order valence-corrected chi connectivity index (χ4v) is 4.82. The summed E-state index contributed by atoms with van der Waals surface area (Å²) in [5, 5.41) is 0. The molecule has 0 radical (unpaired) electrons. The molecule has 4 heteroatoms. The van der Waals surface area contributed by atoms with Crippen LogP contribution in [-0.2, 0) is 31.7 Å². The Labute approximate surface area is 211 Å². The zero-order valence-corrected chi connectivity index (χ0v) is 22.3. The van der Waals surface area contributed by atoms with Gasteiger partial charge in [-0.25, -0.2) is 0 Å². The first-order valence-corrected chi connectivity index (χ1v) is 11.0. The summed E-state index contributed by atoms with van der Waals surface area (Å²) in [7, 11) is 0. The van der Waals surface area contributed by atoms with Crippen LogP contribution in [-0.4, -0.2) is 0 Å². The van der Waals surface area contributed by atoms with E-state index in [1.54, 1.807) is 0 Å². The standard InChI is InChI=1S/C27H30O.2ClH.Ti/c1-26(2,3)17-15-22(25(28)23(16-17)27(4,5)6)24-20-13-9-7-11-18(20)19-12-8-10-14-21(19)24;;;/h7-16,24,28H,1-6H3;2*1H;/q;;;+1/p-1. The fraction of sp³-hybridized carbons (Fsp3) is 0.333. The number of rotatable bonds is 2. The topological polar surface area (TPSA) is 9.23 Å².